The van der Waals surface area contributed by atoms with Crippen LogP contribution in [-0.2, 0) is 6.18 Å². The van der Waals surface area contributed by atoms with Gasteiger partial charge in [0.15, 0.2) is 0 Å². The average molecular weight is 656 g/mol. The molecule has 1 N–H and O–H groups in total. The van der Waals surface area contributed by atoms with Crippen LogP contribution in [0.1, 0.15) is 39.4 Å². The number of piperazine rings is 1. The summed E-state index contributed by atoms with van der Waals surface area (Å²) in [5.74, 6) is -0.710. The van der Waals surface area contributed by atoms with E-state index in [0.29, 0.717) is 41.2 Å². The molecule has 3 aromatic carbocycles. The third kappa shape index (κ3) is 7.02. The first-order chi connectivity index (χ1) is 21.7. The van der Waals surface area contributed by atoms with E-state index in [1.807, 2.05) is 18.9 Å². The first-order valence-electron chi connectivity index (χ1n) is 14.5. The number of carbonyl (C=O) groups excluding carboxylic acids is 1. The molecule has 0 radical (unpaired) electrons. The molecule has 2 heterocycles. The number of anilines is 4. The lowest BCUT2D eigenvalue weighted by molar-refractivity contribution is -0.247. The first-order valence-corrected chi connectivity index (χ1v) is 14.9. The summed E-state index contributed by atoms with van der Waals surface area (Å²) in [6.45, 7) is 8.32. The Morgan fingerprint density at radius 1 is 1.00 bits per heavy atom. The maximum Gasteiger partial charge on any atom is 0.416 e. The van der Waals surface area contributed by atoms with Crippen molar-refractivity contribution in [2.75, 3.05) is 48.3 Å². The smallest absolute Gasteiger partial charge is 0.416 e. The second-order valence-electron chi connectivity index (χ2n) is 11.4. The lowest BCUT2D eigenvalue weighted by Crippen LogP contribution is -2.45. The highest BCUT2D eigenvalue weighted by Gasteiger charge is 2.35. The highest BCUT2D eigenvalue weighted by Crippen LogP contribution is 2.42. The molecule has 0 bridgehead atoms. The van der Waals surface area contributed by atoms with E-state index in [1.54, 1.807) is 38.1 Å². The lowest BCUT2D eigenvalue weighted by Gasteiger charge is -2.36. The molecular formula is C33H32ClF4N6O2-. The van der Waals surface area contributed by atoms with E-state index in [1.165, 1.54) is 18.3 Å². The minimum absolute atomic E-state index is 0.0678. The van der Waals surface area contributed by atoms with Crippen LogP contribution in [-0.4, -0.2) is 54.2 Å². The van der Waals surface area contributed by atoms with Gasteiger partial charge in [-0.15, -0.1) is 0 Å². The Kier molecular flexibility index (Phi) is 9.41. The van der Waals surface area contributed by atoms with Gasteiger partial charge >= 0.3 is 6.18 Å². The summed E-state index contributed by atoms with van der Waals surface area (Å²) in [4.78, 5) is 26.3. The van der Waals surface area contributed by atoms with E-state index in [2.05, 4.69) is 20.2 Å². The third-order valence-electron chi connectivity index (χ3n) is 8.02. The number of halogens is 5. The number of hydrogen-bond donors (Lipinski definition) is 1. The van der Waals surface area contributed by atoms with Crippen LogP contribution >= 0.6 is 11.6 Å². The van der Waals surface area contributed by atoms with Crippen molar-refractivity contribution in [2.24, 2.45) is 0 Å². The Hall–Kier alpha value is -4.42. The molecule has 4 aromatic rings. The predicted octanol–water partition coefficient (Wildman–Crippen LogP) is 6.65. The summed E-state index contributed by atoms with van der Waals surface area (Å²) in [5.41, 5.74) is 2.24. The van der Waals surface area contributed by atoms with Crippen molar-refractivity contribution in [3.63, 3.8) is 0 Å². The zero-order valence-electron chi connectivity index (χ0n) is 25.6. The van der Waals surface area contributed by atoms with Gasteiger partial charge in [-0.2, -0.15) is 18.2 Å². The largest absolute Gasteiger partial charge is 0.530 e. The normalized spacial score (nSPS) is 14.7. The predicted molar refractivity (Wildman–Crippen MR) is 168 cm³/mol. The Labute approximate surface area is 269 Å². The number of amides is 1. The summed E-state index contributed by atoms with van der Waals surface area (Å²) in [6, 6.07) is 10.9. The number of nitrogens with one attached hydrogen (secondary N) is 1. The molecule has 5 rings (SSSR count). The Balaban J connectivity index is 1.56. The van der Waals surface area contributed by atoms with Gasteiger partial charge in [0.05, 0.1) is 17.3 Å². The Morgan fingerprint density at radius 2 is 1.67 bits per heavy atom. The number of aromatic nitrogens is 2. The minimum atomic E-state index is -4.71. The fourth-order valence-electron chi connectivity index (χ4n) is 5.87. The quantitative estimate of drug-likeness (QED) is 0.223. The molecule has 242 valence electrons. The molecule has 1 aliphatic rings. The van der Waals surface area contributed by atoms with Crippen molar-refractivity contribution in [1.29, 1.82) is 0 Å². The van der Waals surface area contributed by atoms with Crippen LogP contribution < -0.4 is 20.2 Å². The third-order valence-corrected chi connectivity index (χ3v) is 8.36. The number of carbonyl (C=O) groups is 1. The van der Waals surface area contributed by atoms with E-state index in [4.69, 9.17) is 11.6 Å². The van der Waals surface area contributed by atoms with E-state index < -0.39 is 29.7 Å². The second kappa shape index (κ2) is 13.1. The van der Waals surface area contributed by atoms with E-state index >= 15 is 4.39 Å². The fourth-order valence-corrected chi connectivity index (χ4v) is 6.09. The molecule has 0 spiro atoms. The van der Waals surface area contributed by atoms with E-state index in [0.717, 1.165) is 41.8 Å². The SMILES string of the molecule is Cc1cc(C)c(C(c2cc(C(F)(F)F)ccc2Cl)N(C(=O)[O-])c2ccnc(Nc3ccc(N4CCN(C)CC4)c(F)c3)n2)c(C)c1. The topological polar surface area (TPSA) is 87.7 Å². The maximum atomic E-state index is 15.2. The van der Waals surface area contributed by atoms with Gasteiger partial charge < -0.3 is 29.9 Å². The van der Waals surface area contributed by atoms with Gasteiger partial charge in [-0.3, -0.25) is 0 Å². The number of rotatable bonds is 7. The van der Waals surface area contributed by atoms with Crippen LogP contribution in [0.15, 0.2) is 60.8 Å². The molecule has 1 unspecified atom stereocenters. The van der Waals surface area contributed by atoms with E-state index in [9.17, 15) is 23.1 Å². The van der Waals surface area contributed by atoms with Crippen molar-refractivity contribution < 1.29 is 27.5 Å². The molecule has 0 saturated carbocycles. The summed E-state index contributed by atoms with van der Waals surface area (Å²) < 4.78 is 56.7. The van der Waals surface area contributed by atoms with Crippen LogP contribution in [0.25, 0.3) is 0 Å². The van der Waals surface area contributed by atoms with Gasteiger partial charge in [0.2, 0.25) is 5.95 Å². The van der Waals surface area contributed by atoms with Gasteiger partial charge in [-0.1, -0.05) is 29.3 Å². The summed E-state index contributed by atoms with van der Waals surface area (Å²) in [6.07, 6.45) is -5.16. The number of nitrogens with zero attached hydrogens (tertiary/aromatic N) is 5. The maximum absolute atomic E-state index is 15.2. The van der Waals surface area contributed by atoms with Crippen molar-refractivity contribution in [3.05, 3.63) is 105 Å². The molecule has 1 aliphatic heterocycles. The monoisotopic (exact) mass is 655 g/mol. The first kappa shape index (κ1) is 33.0. The highest BCUT2D eigenvalue weighted by molar-refractivity contribution is 6.31. The molecule has 46 heavy (non-hydrogen) atoms. The van der Waals surface area contributed by atoms with Crippen molar-refractivity contribution >= 4 is 40.8 Å². The molecular weight excluding hydrogens is 624 g/mol. The van der Waals surface area contributed by atoms with Crippen molar-refractivity contribution in [2.45, 2.75) is 33.0 Å². The molecule has 1 aromatic heterocycles. The van der Waals surface area contributed by atoms with E-state index in [-0.39, 0.29) is 22.4 Å². The molecule has 1 amide bonds. The molecule has 1 atom stereocenters. The van der Waals surface area contributed by atoms with Crippen LogP contribution in [0.5, 0.6) is 0 Å². The zero-order chi connectivity index (χ0) is 33.3. The molecule has 1 saturated heterocycles. The average Bonchev–Trinajstić information content (AvgIpc) is 2.96. The second-order valence-corrected chi connectivity index (χ2v) is 11.8. The van der Waals surface area contributed by atoms with Crippen LogP contribution in [0, 0.1) is 26.6 Å². The van der Waals surface area contributed by atoms with Gasteiger partial charge in [0.1, 0.15) is 17.7 Å². The van der Waals surface area contributed by atoms with Crippen LogP contribution in [0.2, 0.25) is 5.02 Å². The lowest BCUT2D eigenvalue weighted by atomic mass is 9.88. The van der Waals surface area contributed by atoms with Crippen molar-refractivity contribution in [3.8, 4) is 0 Å². The molecule has 8 nitrogen and oxygen atoms in total. The Morgan fingerprint density at radius 3 is 2.28 bits per heavy atom. The number of likely N-dealkylation sites (N-methyl/N-ethyl adjacent to an activating group) is 1. The molecule has 0 aliphatic carbocycles. The van der Waals surface area contributed by atoms with Gasteiger partial charge in [0, 0.05) is 43.1 Å². The van der Waals surface area contributed by atoms with Crippen LogP contribution in [0.4, 0.5) is 45.5 Å². The number of benzene rings is 3. The summed E-state index contributed by atoms with van der Waals surface area (Å²) in [5, 5.41) is 15.7. The standard InChI is InChI=1S/C33H33ClF4N6O2/c1-19-15-20(2)29(21(3)16-19)30(24-17-22(33(36,37)38)5-7-25(24)34)44(32(45)46)28-9-10-39-31(41-28)40-23-6-8-27(26(35)18-23)43-13-11-42(4)12-14-43/h5-10,15-18,30H,11-14H2,1-4H3,(H,45,46)(H,39,40,41)/p-1. The van der Waals surface area contributed by atoms with Gasteiger partial charge in [-0.05, 0) is 92.5 Å². The minimum Gasteiger partial charge on any atom is -0.530 e. The van der Waals surface area contributed by atoms with Gasteiger partial charge in [0.25, 0.3) is 0 Å². The number of aryl methyl sites for hydroxylation is 3. The highest BCUT2D eigenvalue weighted by atomic mass is 35.5. The summed E-state index contributed by atoms with van der Waals surface area (Å²) >= 11 is 6.50. The fraction of sp³-hybridized carbons (Fsp3) is 0.303. The summed E-state index contributed by atoms with van der Waals surface area (Å²) in [7, 11) is 2.01. The zero-order valence-corrected chi connectivity index (χ0v) is 26.4. The number of alkyl halides is 3. The van der Waals surface area contributed by atoms with Gasteiger partial charge in [-0.25, -0.2) is 9.37 Å². The van der Waals surface area contributed by atoms with Crippen molar-refractivity contribution in [1.82, 2.24) is 14.9 Å². The molecule has 13 heteroatoms. The number of hydrogen-bond acceptors (Lipinski definition) is 7. The number of carboxylic acid groups (broad SMARTS) is 1. The Bertz CT molecular complexity index is 1740. The van der Waals surface area contributed by atoms with Crippen LogP contribution in [0.3, 0.4) is 0 Å². The molecule has 1 fully saturated rings.